The maximum Gasteiger partial charge on any atom is 0.245 e. The molecule has 0 saturated carbocycles. The third-order valence-electron chi connectivity index (χ3n) is 5.84. The van der Waals surface area contributed by atoms with Crippen molar-refractivity contribution in [3.05, 3.63) is 60.2 Å². The van der Waals surface area contributed by atoms with Gasteiger partial charge in [-0.3, -0.25) is 9.59 Å². The zero-order valence-corrected chi connectivity index (χ0v) is 16.8. The van der Waals surface area contributed by atoms with Gasteiger partial charge >= 0.3 is 0 Å². The van der Waals surface area contributed by atoms with Crippen molar-refractivity contribution in [1.82, 2.24) is 9.80 Å². The molecule has 2 aliphatic heterocycles. The van der Waals surface area contributed by atoms with E-state index >= 15 is 0 Å². The van der Waals surface area contributed by atoms with Crippen LogP contribution in [-0.2, 0) is 16.1 Å². The third-order valence-corrected chi connectivity index (χ3v) is 5.84. The van der Waals surface area contributed by atoms with Gasteiger partial charge in [0.05, 0.1) is 7.11 Å². The highest BCUT2D eigenvalue weighted by atomic mass is 16.5. The van der Waals surface area contributed by atoms with Gasteiger partial charge in [0, 0.05) is 44.8 Å². The summed E-state index contributed by atoms with van der Waals surface area (Å²) in [5, 5.41) is 0. The number of amides is 2. The molecule has 2 fully saturated rings. The fourth-order valence-corrected chi connectivity index (χ4v) is 4.16. The number of benzene rings is 2. The van der Waals surface area contributed by atoms with Gasteiger partial charge in [-0.2, -0.15) is 0 Å². The lowest BCUT2D eigenvalue weighted by molar-refractivity contribution is -0.142. The lowest BCUT2D eigenvalue weighted by Crippen LogP contribution is -2.54. The van der Waals surface area contributed by atoms with Crippen molar-refractivity contribution in [2.45, 2.75) is 25.4 Å². The highest BCUT2D eigenvalue weighted by Crippen LogP contribution is 2.25. The molecule has 29 heavy (non-hydrogen) atoms. The second-order valence-corrected chi connectivity index (χ2v) is 7.57. The summed E-state index contributed by atoms with van der Waals surface area (Å²) in [4.78, 5) is 31.5. The van der Waals surface area contributed by atoms with Crippen LogP contribution in [0.2, 0.25) is 0 Å². The van der Waals surface area contributed by atoms with Gasteiger partial charge in [0.2, 0.25) is 11.8 Å². The van der Waals surface area contributed by atoms with Crippen molar-refractivity contribution >= 4 is 17.5 Å². The number of rotatable bonds is 5. The number of hydrogen-bond acceptors (Lipinski definition) is 4. The minimum absolute atomic E-state index is 0.0732. The first kappa shape index (κ1) is 19.3. The van der Waals surface area contributed by atoms with Crippen LogP contribution in [0.25, 0.3) is 0 Å². The van der Waals surface area contributed by atoms with E-state index in [1.54, 1.807) is 12.0 Å². The molecular weight excluding hydrogens is 366 g/mol. The smallest absolute Gasteiger partial charge is 0.245 e. The van der Waals surface area contributed by atoms with Crippen LogP contribution in [-0.4, -0.2) is 60.9 Å². The number of carbonyl (C=O) groups is 2. The highest BCUT2D eigenvalue weighted by molar-refractivity contribution is 5.91. The molecule has 6 heteroatoms. The molecule has 2 saturated heterocycles. The third kappa shape index (κ3) is 4.21. The number of anilines is 1. The Bertz CT molecular complexity index is 845. The van der Waals surface area contributed by atoms with Gasteiger partial charge in [-0.25, -0.2) is 0 Å². The summed E-state index contributed by atoms with van der Waals surface area (Å²) in [5.41, 5.74) is 2.20. The first-order chi connectivity index (χ1) is 14.2. The Kier molecular flexibility index (Phi) is 5.69. The molecule has 0 N–H and O–H groups in total. The van der Waals surface area contributed by atoms with Gasteiger partial charge < -0.3 is 19.4 Å². The monoisotopic (exact) mass is 393 g/mol. The van der Waals surface area contributed by atoms with Gasteiger partial charge in [0.1, 0.15) is 11.8 Å². The topological polar surface area (TPSA) is 53.1 Å². The van der Waals surface area contributed by atoms with Gasteiger partial charge in [-0.05, 0) is 36.2 Å². The first-order valence-corrected chi connectivity index (χ1v) is 10.2. The van der Waals surface area contributed by atoms with Crippen molar-refractivity contribution < 1.29 is 14.3 Å². The molecule has 0 aliphatic carbocycles. The average molecular weight is 393 g/mol. The molecule has 0 aromatic heterocycles. The number of piperazine rings is 1. The number of hydrogen-bond donors (Lipinski definition) is 0. The largest absolute Gasteiger partial charge is 0.497 e. The second-order valence-electron chi connectivity index (χ2n) is 7.57. The molecule has 0 bridgehead atoms. The molecule has 6 nitrogen and oxygen atoms in total. The van der Waals surface area contributed by atoms with Crippen LogP contribution in [0.4, 0.5) is 5.69 Å². The molecule has 2 heterocycles. The molecule has 2 amide bonds. The molecule has 2 aromatic rings. The van der Waals surface area contributed by atoms with E-state index in [1.807, 2.05) is 59.5 Å². The average Bonchev–Trinajstić information content (AvgIpc) is 3.14. The molecular formula is C23H27N3O3. The van der Waals surface area contributed by atoms with Gasteiger partial charge in [-0.1, -0.05) is 30.3 Å². The summed E-state index contributed by atoms with van der Waals surface area (Å²) >= 11 is 0. The lowest BCUT2D eigenvalue weighted by Gasteiger charge is -2.38. The summed E-state index contributed by atoms with van der Waals surface area (Å²) in [7, 11) is 1.66. The first-order valence-electron chi connectivity index (χ1n) is 10.2. The summed E-state index contributed by atoms with van der Waals surface area (Å²) in [6, 6.07) is 17.6. The van der Waals surface area contributed by atoms with E-state index in [9.17, 15) is 9.59 Å². The van der Waals surface area contributed by atoms with E-state index in [0.29, 0.717) is 32.5 Å². The molecule has 4 rings (SSSR count). The van der Waals surface area contributed by atoms with E-state index in [4.69, 9.17) is 4.74 Å². The van der Waals surface area contributed by atoms with Crippen molar-refractivity contribution in [3.8, 4) is 5.75 Å². The standard InChI is InChI=1S/C23H27N3O3/c1-29-20-9-7-19(8-10-20)24-13-15-25(16-14-24)23(28)21-11-12-22(27)26(21)17-18-5-3-2-4-6-18/h2-10,21H,11-17H2,1H3. The minimum Gasteiger partial charge on any atom is -0.497 e. The quantitative estimate of drug-likeness (QED) is 0.783. The number of likely N-dealkylation sites (tertiary alicyclic amines) is 1. The van der Waals surface area contributed by atoms with Crippen LogP contribution in [0.3, 0.4) is 0 Å². The van der Waals surface area contributed by atoms with Crippen LogP contribution in [0.15, 0.2) is 54.6 Å². The van der Waals surface area contributed by atoms with Gasteiger partial charge in [0.25, 0.3) is 0 Å². The lowest BCUT2D eigenvalue weighted by atomic mass is 10.1. The highest BCUT2D eigenvalue weighted by Gasteiger charge is 2.38. The fourth-order valence-electron chi connectivity index (χ4n) is 4.16. The summed E-state index contributed by atoms with van der Waals surface area (Å²) in [6.07, 6.45) is 1.07. The van der Waals surface area contributed by atoms with Crippen LogP contribution in [0.5, 0.6) is 5.75 Å². The van der Waals surface area contributed by atoms with Crippen molar-refractivity contribution in [2.75, 3.05) is 38.2 Å². The number of carbonyl (C=O) groups excluding carboxylic acids is 2. The normalized spacial score (nSPS) is 19.6. The molecule has 2 aliphatic rings. The Hall–Kier alpha value is -3.02. The number of ether oxygens (including phenoxy) is 1. The number of nitrogens with zero attached hydrogens (tertiary/aromatic N) is 3. The second kappa shape index (κ2) is 8.55. The summed E-state index contributed by atoms with van der Waals surface area (Å²) < 4.78 is 5.22. The maximum atomic E-state index is 13.2. The van der Waals surface area contributed by atoms with E-state index in [-0.39, 0.29) is 17.9 Å². The molecule has 2 aromatic carbocycles. The minimum atomic E-state index is -0.338. The Morgan fingerprint density at radius 3 is 2.34 bits per heavy atom. The van der Waals surface area contributed by atoms with Crippen LogP contribution < -0.4 is 9.64 Å². The van der Waals surface area contributed by atoms with E-state index in [2.05, 4.69) is 4.90 Å². The Morgan fingerprint density at radius 1 is 1.00 bits per heavy atom. The Labute approximate surface area is 171 Å². The van der Waals surface area contributed by atoms with Gasteiger partial charge in [-0.15, -0.1) is 0 Å². The molecule has 0 spiro atoms. The predicted molar refractivity (Wildman–Crippen MR) is 112 cm³/mol. The molecule has 152 valence electrons. The predicted octanol–water partition coefficient (Wildman–Crippen LogP) is 2.54. The SMILES string of the molecule is COc1ccc(N2CCN(C(=O)C3CCC(=O)N3Cc3ccccc3)CC2)cc1. The number of methoxy groups -OCH3 is 1. The summed E-state index contributed by atoms with van der Waals surface area (Å²) in [6.45, 7) is 3.43. The van der Waals surface area contributed by atoms with E-state index < -0.39 is 0 Å². The fraction of sp³-hybridized carbons (Fsp3) is 0.391. The van der Waals surface area contributed by atoms with Crippen molar-refractivity contribution in [1.29, 1.82) is 0 Å². The van der Waals surface area contributed by atoms with Crippen LogP contribution in [0.1, 0.15) is 18.4 Å². The zero-order chi connectivity index (χ0) is 20.2. The summed E-state index contributed by atoms with van der Waals surface area (Å²) in [5.74, 6) is 0.997. The van der Waals surface area contributed by atoms with Crippen molar-refractivity contribution in [3.63, 3.8) is 0 Å². The molecule has 0 radical (unpaired) electrons. The van der Waals surface area contributed by atoms with Crippen molar-refractivity contribution in [2.24, 2.45) is 0 Å². The Balaban J connectivity index is 1.37. The zero-order valence-electron chi connectivity index (χ0n) is 16.8. The van der Waals surface area contributed by atoms with Gasteiger partial charge in [0.15, 0.2) is 0 Å². The molecule has 1 unspecified atom stereocenters. The van der Waals surface area contributed by atoms with Crippen LogP contribution >= 0.6 is 0 Å². The van der Waals surface area contributed by atoms with Crippen LogP contribution in [0, 0.1) is 0 Å². The van der Waals surface area contributed by atoms with E-state index in [0.717, 1.165) is 30.1 Å². The maximum absolute atomic E-state index is 13.2. The Morgan fingerprint density at radius 2 is 1.69 bits per heavy atom. The van der Waals surface area contributed by atoms with E-state index in [1.165, 1.54) is 0 Å². The molecule has 1 atom stereocenters.